The van der Waals surface area contributed by atoms with Gasteiger partial charge in [0.15, 0.2) is 16.6 Å². The minimum absolute atomic E-state index is 0. The number of nitro groups is 1. The van der Waals surface area contributed by atoms with Crippen molar-refractivity contribution in [2.45, 2.75) is 13.3 Å². The molecule has 0 spiro atoms. The highest BCUT2D eigenvalue weighted by Gasteiger charge is 2.30. The zero-order chi connectivity index (χ0) is 24.3. The van der Waals surface area contributed by atoms with Crippen molar-refractivity contribution in [2.75, 3.05) is 46.3 Å². The van der Waals surface area contributed by atoms with Gasteiger partial charge in [0.1, 0.15) is 5.56 Å². The number of nitrogens with zero attached hydrogens (tertiary/aromatic N) is 4. The largest absolute Gasteiger partial charge is 0.493 e. The van der Waals surface area contributed by atoms with E-state index in [0.717, 1.165) is 16.8 Å². The van der Waals surface area contributed by atoms with Gasteiger partial charge in [0.05, 0.1) is 35.4 Å². The molecule has 34 heavy (non-hydrogen) atoms. The number of carbonyl (C=O) groups is 1. The van der Waals surface area contributed by atoms with Crippen molar-refractivity contribution in [1.82, 2.24) is 9.88 Å². The summed E-state index contributed by atoms with van der Waals surface area (Å²) in [7, 11) is 6.67. The van der Waals surface area contributed by atoms with E-state index in [0.29, 0.717) is 28.6 Å². The van der Waals surface area contributed by atoms with Crippen LogP contribution in [0.2, 0.25) is 5.02 Å². The van der Waals surface area contributed by atoms with Crippen LogP contribution in [0.15, 0.2) is 24.3 Å². The maximum absolute atomic E-state index is 13.7. The molecule has 0 atom stereocenters. The standard InChI is InChI=1S/C22H25ClN4O5S.ClH/c1-13-15(23)7-8-19-20(13)24-22(33-19)26(10-6-9-25(2)3)21(28)14-11-17(31-4)18(32-5)12-16(14)27(29)30;/h7-8,11-12H,6,9-10H2,1-5H3;1H. The predicted octanol–water partition coefficient (Wildman–Crippen LogP) is 5.20. The molecule has 12 heteroatoms. The molecular weight excluding hydrogens is 503 g/mol. The number of methoxy groups -OCH3 is 2. The van der Waals surface area contributed by atoms with E-state index < -0.39 is 10.8 Å². The summed E-state index contributed by atoms with van der Waals surface area (Å²) in [5.41, 5.74) is 1.05. The van der Waals surface area contributed by atoms with Crippen LogP contribution in [0.5, 0.6) is 11.5 Å². The van der Waals surface area contributed by atoms with Crippen LogP contribution in [0.3, 0.4) is 0 Å². The molecular formula is C22H26Cl2N4O5S. The van der Waals surface area contributed by atoms with Crippen LogP contribution in [-0.4, -0.2) is 62.1 Å². The average molecular weight is 529 g/mol. The van der Waals surface area contributed by atoms with Gasteiger partial charge in [-0.2, -0.15) is 0 Å². The second-order valence-corrected chi connectivity index (χ2v) is 9.03. The third kappa shape index (κ3) is 5.69. The molecule has 0 aliphatic heterocycles. The van der Waals surface area contributed by atoms with Gasteiger partial charge in [0, 0.05) is 17.6 Å². The molecule has 0 radical (unpaired) electrons. The molecule has 0 bridgehead atoms. The van der Waals surface area contributed by atoms with Gasteiger partial charge in [-0.05, 0) is 51.7 Å². The second kappa shape index (κ2) is 11.7. The summed E-state index contributed by atoms with van der Waals surface area (Å²) in [4.78, 5) is 33.0. The fraction of sp³-hybridized carbons (Fsp3) is 0.364. The fourth-order valence-electron chi connectivity index (χ4n) is 3.37. The van der Waals surface area contributed by atoms with Crippen LogP contribution in [-0.2, 0) is 0 Å². The molecule has 0 N–H and O–H groups in total. The minimum atomic E-state index is -0.602. The first kappa shape index (κ1) is 27.6. The Kier molecular flexibility index (Phi) is 9.45. The molecule has 0 aliphatic carbocycles. The van der Waals surface area contributed by atoms with E-state index in [-0.39, 0.29) is 35.2 Å². The Labute approximate surface area is 212 Å². The Morgan fingerprint density at radius 3 is 2.41 bits per heavy atom. The number of benzene rings is 2. The molecule has 0 unspecified atom stereocenters. The minimum Gasteiger partial charge on any atom is -0.493 e. The number of anilines is 1. The molecule has 9 nitrogen and oxygen atoms in total. The van der Waals surface area contributed by atoms with Crippen LogP contribution in [0, 0.1) is 17.0 Å². The zero-order valence-corrected chi connectivity index (χ0v) is 21.8. The summed E-state index contributed by atoms with van der Waals surface area (Å²) in [6, 6.07) is 6.19. The number of hydrogen-bond acceptors (Lipinski definition) is 8. The van der Waals surface area contributed by atoms with Gasteiger partial charge in [-0.3, -0.25) is 19.8 Å². The number of aromatic nitrogens is 1. The molecule has 0 saturated heterocycles. The molecule has 0 fully saturated rings. The van der Waals surface area contributed by atoms with Gasteiger partial charge in [-0.15, -0.1) is 12.4 Å². The van der Waals surface area contributed by atoms with Crippen LogP contribution in [0.4, 0.5) is 10.8 Å². The summed E-state index contributed by atoms with van der Waals surface area (Å²) in [5, 5.41) is 12.8. The molecule has 184 valence electrons. The van der Waals surface area contributed by atoms with Gasteiger partial charge < -0.3 is 14.4 Å². The number of ether oxygens (including phenoxy) is 2. The second-order valence-electron chi connectivity index (χ2n) is 7.61. The topological polar surface area (TPSA) is 98.0 Å². The maximum atomic E-state index is 13.7. The number of aryl methyl sites for hydroxylation is 1. The number of rotatable bonds is 9. The van der Waals surface area contributed by atoms with Crippen molar-refractivity contribution < 1.29 is 19.2 Å². The van der Waals surface area contributed by atoms with Crippen molar-refractivity contribution in [3.8, 4) is 11.5 Å². The first-order chi connectivity index (χ1) is 15.7. The number of nitro benzene ring substituents is 1. The van der Waals surface area contributed by atoms with Crippen LogP contribution < -0.4 is 14.4 Å². The number of thiazole rings is 1. The molecule has 3 rings (SSSR count). The van der Waals surface area contributed by atoms with Crippen LogP contribution >= 0.6 is 35.3 Å². The Morgan fingerprint density at radius 1 is 1.18 bits per heavy atom. The molecule has 1 heterocycles. The number of carbonyl (C=O) groups excluding carboxylic acids is 1. The van der Waals surface area contributed by atoms with E-state index in [4.69, 9.17) is 21.1 Å². The van der Waals surface area contributed by atoms with Gasteiger partial charge in [-0.1, -0.05) is 22.9 Å². The molecule has 3 aromatic rings. The lowest BCUT2D eigenvalue weighted by Crippen LogP contribution is -2.34. The molecule has 0 aliphatic rings. The SMILES string of the molecule is COc1cc(C(=O)N(CCCN(C)C)c2nc3c(C)c(Cl)ccc3s2)c([N+](=O)[O-])cc1OC.Cl. The highest BCUT2D eigenvalue weighted by Crippen LogP contribution is 2.38. The maximum Gasteiger partial charge on any atom is 0.286 e. The van der Waals surface area contributed by atoms with Crippen LogP contribution in [0.25, 0.3) is 10.2 Å². The lowest BCUT2D eigenvalue weighted by Gasteiger charge is -2.21. The Hall–Kier alpha value is -2.66. The summed E-state index contributed by atoms with van der Waals surface area (Å²) in [6.45, 7) is 2.92. The van der Waals surface area contributed by atoms with E-state index >= 15 is 0 Å². The number of amides is 1. The third-order valence-electron chi connectivity index (χ3n) is 5.13. The first-order valence-corrected chi connectivity index (χ1v) is 11.3. The highest BCUT2D eigenvalue weighted by atomic mass is 35.5. The smallest absolute Gasteiger partial charge is 0.286 e. The van der Waals surface area contributed by atoms with Gasteiger partial charge >= 0.3 is 0 Å². The Morgan fingerprint density at radius 2 is 1.82 bits per heavy atom. The van der Waals surface area contributed by atoms with E-state index in [2.05, 4.69) is 4.98 Å². The van der Waals surface area contributed by atoms with Crippen molar-refractivity contribution in [3.63, 3.8) is 0 Å². The van der Waals surface area contributed by atoms with E-state index in [9.17, 15) is 14.9 Å². The van der Waals surface area contributed by atoms with Crippen molar-refractivity contribution in [1.29, 1.82) is 0 Å². The molecule has 2 aromatic carbocycles. The Bertz CT molecular complexity index is 1200. The highest BCUT2D eigenvalue weighted by molar-refractivity contribution is 7.22. The number of halogens is 2. The van der Waals surface area contributed by atoms with Gasteiger partial charge in [-0.25, -0.2) is 4.98 Å². The predicted molar refractivity (Wildman–Crippen MR) is 138 cm³/mol. The lowest BCUT2D eigenvalue weighted by molar-refractivity contribution is -0.385. The molecule has 1 aromatic heterocycles. The van der Waals surface area contributed by atoms with E-state index in [1.807, 2.05) is 32.0 Å². The van der Waals surface area contributed by atoms with E-state index in [1.165, 1.54) is 42.6 Å². The summed E-state index contributed by atoms with van der Waals surface area (Å²) >= 11 is 7.59. The van der Waals surface area contributed by atoms with Crippen molar-refractivity contribution in [3.05, 3.63) is 50.5 Å². The summed E-state index contributed by atoms with van der Waals surface area (Å²) < 4.78 is 11.3. The van der Waals surface area contributed by atoms with Gasteiger partial charge in [0.25, 0.3) is 11.6 Å². The summed E-state index contributed by atoms with van der Waals surface area (Å²) in [5.74, 6) is -0.138. The third-order valence-corrected chi connectivity index (χ3v) is 6.58. The monoisotopic (exact) mass is 528 g/mol. The first-order valence-electron chi connectivity index (χ1n) is 10.1. The molecule has 1 amide bonds. The van der Waals surface area contributed by atoms with E-state index in [1.54, 1.807) is 6.07 Å². The summed E-state index contributed by atoms with van der Waals surface area (Å²) in [6.07, 6.45) is 0.648. The number of hydrogen-bond donors (Lipinski definition) is 0. The van der Waals surface area contributed by atoms with Crippen molar-refractivity contribution in [2.24, 2.45) is 0 Å². The van der Waals surface area contributed by atoms with Crippen LogP contribution in [0.1, 0.15) is 22.3 Å². The quantitative estimate of drug-likeness (QED) is 0.278. The number of fused-ring (bicyclic) bond motifs is 1. The Balaban J connectivity index is 0.00000408. The van der Waals surface area contributed by atoms with Crippen molar-refractivity contribution >= 4 is 62.3 Å². The zero-order valence-electron chi connectivity index (χ0n) is 19.5. The van der Waals surface area contributed by atoms with Gasteiger partial charge in [0.2, 0.25) is 0 Å². The average Bonchev–Trinajstić information content (AvgIpc) is 3.22. The molecule has 0 saturated carbocycles. The lowest BCUT2D eigenvalue weighted by atomic mass is 10.1. The normalized spacial score (nSPS) is 10.8. The fourth-order valence-corrected chi connectivity index (χ4v) is 4.57.